The summed E-state index contributed by atoms with van der Waals surface area (Å²) in [6, 6.07) is 17.4. The molecule has 0 bridgehead atoms. The standard InChI is InChI=1S/C18H20N2S/c1-13-17(16-6-4-5-7-18(16)19-13)12-14-8-10-15(11-9-14)20(2)21-3/h4-11,19H,12H2,1-3H3. The maximum absolute atomic E-state index is 3.47. The summed E-state index contributed by atoms with van der Waals surface area (Å²) < 4.78 is 2.17. The molecule has 1 N–H and O–H groups in total. The van der Waals surface area contributed by atoms with Gasteiger partial charge in [-0.15, -0.1) is 0 Å². The topological polar surface area (TPSA) is 19.0 Å². The normalized spacial score (nSPS) is 11.0. The highest BCUT2D eigenvalue weighted by atomic mass is 32.2. The zero-order chi connectivity index (χ0) is 14.8. The molecule has 0 aliphatic carbocycles. The molecule has 0 unspecified atom stereocenters. The predicted octanol–water partition coefficient (Wildman–Crippen LogP) is 4.78. The van der Waals surface area contributed by atoms with Crippen molar-refractivity contribution < 1.29 is 0 Å². The van der Waals surface area contributed by atoms with Crippen LogP contribution in [0.15, 0.2) is 48.5 Å². The summed E-state index contributed by atoms with van der Waals surface area (Å²) in [4.78, 5) is 3.47. The van der Waals surface area contributed by atoms with Gasteiger partial charge >= 0.3 is 0 Å². The molecule has 3 heteroatoms. The number of hydrogen-bond acceptors (Lipinski definition) is 2. The molecule has 1 heterocycles. The average molecular weight is 296 g/mol. The zero-order valence-electron chi connectivity index (χ0n) is 12.7. The smallest absolute Gasteiger partial charge is 0.0466 e. The summed E-state index contributed by atoms with van der Waals surface area (Å²) in [5.41, 5.74) is 6.48. The Balaban J connectivity index is 1.90. The highest BCUT2D eigenvalue weighted by Gasteiger charge is 2.08. The van der Waals surface area contributed by atoms with Crippen molar-refractivity contribution in [2.45, 2.75) is 13.3 Å². The lowest BCUT2D eigenvalue weighted by atomic mass is 10.0. The number of aromatic amines is 1. The lowest BCUT2D eigenvalue weighted by molar-refractivity contribution is 1.15. The van der Waals surface area contributed by atoms with Crippen molar-refractivity contribution in [3.8, 4) is 0 Å². The predicted molar refractivity (Wildman–Crippen MR) is 94.2 cm³/mol. The minimum absolute atomic E-state index is 0.971. The van der Waals surface area contributed by atoms with Crippen LogP contribution in [0.5, 0.6) is 0 Å². The Bertz CT molecular complexity index is 744. The molecule has 2 nitrogen and oxygen atoms in total. The zero-order valence-corrected chi connectivity index (χ0v) is 13.5. The second-order valence-corrected chi connectivity index (χ2v) is 6.21. The van der Waals surface area contributed by atoms with Crippen molar-refractivity contribution in [3.05, 3.63) is 65.4 Å². The number of nitrogens with zero attached hydrogens (tertiary/aromatic N) is 1. The van der Waals surface area contributed by atoms with E-state index in [1.54, 1.807) is 11.9 Å². The molecular formula is C18H20N2S. The number of hydrogen-bond donors (Lipinski definition) is 1. The maximum Gasteiger partial charge on any atom is 0.0466 e. The van der Waals surface area contributed by atoms with Gasteiger partial charge in [-0.05, 0) is 42.7 Å². The van der Waals surface area contributed by atoms with Crippen molar-refractivity contribution in [1.29, 1.82) is 0 Å². The SMILES string of the molecule is CSN(C)c1ccc(Cc2c(C)[nH]c3ccccc23)cc1. The molecule has 0 amide bonds. The molecule has 21 heavy (non-hydrogen) atoms. The summed E-state index contributed by atoms with van der Waals surface area (Å²) in [6.45, 7) is 2.16. The number of nitrogens with one attached hydrogen (secondary N) is 1. The van der Waals surface area contributed by atoms with Gasteiger partial charge in [0.25, 0.3) is 0 Å². The fourth-order valence-corrected chi connectivity index (χ4v) is 3.03. The monoisotopic (exact) mass is 296 g/mol. The first-order chi connectivity index (χ1) is 10.2. The Kier molecular flexibility index (Phi) is 3.93. The lowest BCUT2D eigenvalue weighted by Crippen LogP contribution is -2.04. The Hall–Kier alpha value is -1.87. The molecule has 0 fully saturated rings. The van der Waals surface area contributed by atoms with E-state index in [1.807, 2.05) is 0 Å². The quantitative estimate of drug-likeness (QED) is 0.699. The molecule has 0 spiro atoms. The van der Waals surface area contributed by atoms with Crippen LogP contribution in [0, 0.1) is 6.92 Å². The summed E-state index contributed by atoms with van der Waals surface area (Å²) >= 11 is 1.72. The van der Waals surface area contributed by atoms with Gasteiger partial charge in [-0.2, -0.15) is 0 Å². The fourth-order valence-electron chi connectivity index (χ4n) is 2.70. The largest absolute Gasteiger partial charge is 0.358 e. The van der Waals surface area contributed by atoms with Gasteiger partial charge in [-0.3, -0.25) is 0 Å². The van der Waals surface area contributed by atoms with Gasteiger partial charge in [0, 0.05) is 35.6 Å². The molecular weight excluding hydrogens is 276 g/mol. The van der Waals surface area contributed by atoms with Crippen LogP contribution in [0.3, 0.4) is 0 Å². The van der Waals surface area contributed by atoms with Crippen molar-refractivity contribution in [3.63, 3.8) is 0 Å². The summed E-state index contributed by atoms with van der Waals surface area (Å²) in [5, 5.41) is 1.33. The number of aryl methyl sites for hydroxylation is 1. The van der Waals surface area contributed by atoms with Crippen molar-refractivity contribution in [2.75, 3.05) is 17.6 Å². The Morgan fingerprint density at radius 3 is 2.48 bits per heavy atom. The molecule has 0 atom stereocenters. The number of anilines is 1. The second kappa shape index (κ2) is 5.86. The molecule has 0 saturated carbocycles. The van der Waals surface area contributed by atoms with Crippen LogP contribution < -0.4 is 4.31 Å². The van der Waals surface area contributed by atoms with E-state index in [1.165, 1.54) is 33.4 Å². The van der Waals surface area contributed by atoms with Gasteiger partial charge in [0.2, 0.25) is 0 Å². The number of fused-ring (bicyclic) bond motifs is 1. The van der Waals surface area contributed by atoms with Crippen molar-refractivity contribution in [1.82, 2.24) is 4.98 Å². The van der Waals surface area contributed by atoms with Crippen LogP contribution in [0.2, 0.25) is 0 Å². The third-order valence-corrected chi connectivity index (χ3v) is 4.74. The minimum atomic E-state index is 0.971. The van der Waals surface area contributed by atoms with E-state index in [0.717, 1.165) is 6.42 Å². The first kappa shape index (κ1) is 14.1. The highest BCUT2D eigenvalue weighted by Crippen LogP contribution is 2.26. The highest BCUT2D eigenvalue weighted by molar-refractivity contribution is 7.99. The Labute approximate surface area is 130 Å². The van der Waals surface area contributed by atoms with Crippen LogP contribution in [0.1, 0.15) is 16.8 Å². The van der Waals surface area contributed by atoms with E-state index >= 15 is 0 Å². The number of para-hydroxylation sites is 1. The van der Waals surface area contributed by atoms with E-state index in [9.17, 15) is 0 Å². The first-order valence-corrected chi connectivity index (χ1v) is 8.30. The molecule has 3 rings (SSSR count). The third-order valence-electron chi connectivity index (χ3n) is 3.98. The first-order valence-electron chi connectivity index (χ1n) is 7.12. The van der Waals surface area contributed by atoms with Gasteiger partial charge in [0.1, 0.15) is 0 Å². The molecule has 0 saturated heterocycles. The van der Waals surface area contributed by atoms with E-state index < -0.39 is 0 Å². The summed E-state index contributed by atoms with van der Waals surface area (Å²) in [5.74, 6) is 0. The Morgan fingerprint density at radius 2 is 1.76 bits per heavy atom. The van der Waals surface area contributed by atoms with Crippen LogP contribution >= 0.6 is 11.9 Å². The third kappa shape index (κ3) is 2.79. The fraction of sp³-hybridized carbons (Fsp3) is 0.222. The van der Waals surface area contributed by atoms with Gasteiger partial charge in [-0.25, -0.2) is 0 Å². The molecule has 108 valence electrons. The van der Waals surface area contributed by atoms with Gasteiger partial charge in [0.05, 0.1) is 0 Å². The van der Waals surface area contributed by atoms with Crippen LogP contribution in [0.25, 0.3) is 10.9 Å². The van der Waals surface area contributed by atoms with Gasteiger partial charge in [-0.1, -0.05) is 42.3 Å². The van der Waals surface area contributed by atoms with Crippen molar-refractivity contribution in [2.24, 2.45) is 0 Å². The number of H-pyrrole nitrogens is 1. The number of aromatic nitrogens is 1. The van der Waals surface area contributed by atoms with Crippen LogP contribution in [-0.4, -0.2) is 18.3 Å². The Morgan fingerprint density at radius 1 is 1.05 bits per heavy atom. The number of rotatable bonds is 4. The lowest BCUT2D eigenvalue weighted by Gasteiger charge is -2.15. The van der Waals surface area contributed by atoms with E-state index in [4.69, 9.17) is 0 Å². The minimum Gasteiger partial charge on any atom is -0.358 e. The van der Waals surface area contributed by atoms with Crippen LogP contribution in [0.4, 0.5) is 5.69 Å². The molecule has 0 aliphatic rings. The van der Waals surface area contributed by atoms with Gasteiger partial charge in [0.15, 0.2) is 0 Å². The second-order valence-electron chi connectivity index (χ2n) is 5.30. The summed E-state index contributed by atoms with van der Waals surface area (Å²) in [7, 11) is 2.09. The molecule has 2 aromatic carbocycles. The molecule has 3 aromatic rings. The maximum atomic E-state index is 3.47. The van der Waals surface area contributed by atoms with E-state index in [2.05, 4.69) is 78.0 Å². The molecule has 0 aliphatic heterocycles. The average Bonchev–Trinajstić information content (AvgIpc) is 2.83. The summed E-state index contributed by atoms with van der Waals surface area (Å²) in [6.07, 6.45) is 3.06. The van der Waals surface area contributed by atoms with Gasteiger partial charge < -0.3 is 9.29 Å². The van der Waals surface area contributed by atoms with Crippen LogP contribution in [-0.2, 0) is 6.42 Å². The van der Waals surface area contributed by atoms with E-state index in [0.29, 0.717) is 0 Å². The van der Waals surface area contributed by atoms with Crippen molar-refractivity contribution >= 4 is 28.5 Å². The number of benzene rings is 2. The molecule has 1 aromatic heterocycles. The van der Waals surface area contributed by atoms with E-state index in [-0.39, 0.29) is 0 Å². The molecule has 0 radical (unpaired) electrons.